The van der Waals surface area contributed by atoms with Crippen molar-refractivity contribution in [2.45, 2.75) is 6.92 Å². The number of aryl methyl sites for hydroxylation is 1. The quantitative estimate of drug-likeness (QED) is 0.878. The first kappa shape index (κ1) is 16.7. The van der Waals surface area contributed by atoms with Crippen LogP contribution in [0, 0.1) is 6.92 Å². The Morgan fingerprint density at radius 2 is 1.71 bits per heavy atom. The zero-order chi connectivity index (χ0) is 17.1. The highest BCUT2D eigenvalue weighted by molar-refractivity contribution is 5.92. The average Bonchev–Trinajstić information content (AvgIpc) is 2.60. The number of nitrogens with zero attached hydrogens (tertiary/aromatic N) is 4. The number of piperazine rings is 1. The molecule has 0 radical (unpaired) electrons. The van der Waals surface area contributed by atoms with Crippen molar-refractivity contribution in [1.82, 2.24) is 14.9 Å². The fourth-order valence-electron chi connectivity index (χ4n) is 3.12. The number of benzene rings is 1. The molecule has 0 aliphatic carbocycles. The van der Waals surface area contributed by atoms with Crippen molar-refractivity contribution in [2.24, 2.45) is 0 Å². The lowest BCUT2D eigenvalue weighted by Crippen LogP contribution is -2.47. The number of methoxy groups -OCH3 is 2. The molecule has 1 aliphatic rings. The maximum Gasteiger partial charge on any atom is 0.162 e. The van der Waals surface area contributed by atoms with Crippen molar-refractivity contribution in [1.29, 1.82) is 0 Å². The second-order valence-electron chi connectivity index (χ2n) is 5.87. The summed E-state index contributed by atoms with van der Waals surface area (Å²) in [6, 6.07) is 3.84. The number of hydrogen-bond acceptors (Lipinski definition) is 7. The van der Waals surface area contributed by atoms with Crippen LogP contribution in [0.15, 0.2) is 12.1 Å². The van der Waals surface area contributed by atoms with Crippen molar-refractivity contribution < 1.29 is 14.6 Å². The van der Waals surface area contributed by atoms with Gasteiger partial charge in [-0.15, -0.1) is 0 Å². The number of rotatable bonds is 5. The van der Waals surface area contributed by atoms with E-state index in [9.17, 15) is 0 Å². The summed E-state index contributed by atoms with van der Waals surface area (Å²) in [6.07, 6.45) is 0. The van der Waals surface area contributed by atoms with Gasteiger partial charge < -0.3 is 19.5 Å². The summed E-state index contributed by atoms with van der Waals surface area (Å²) < 4.78 is 10.8. The fraction of sp³-hybridized carbons (Fsp3) is 0.529. The van der Waals surface area contributed by atoms with Gasteiger partial charge in [-0.1, -0.05) is 0 Å². The summed E-state index contributed by atoms with van der Waals surface area (Å²) in [6.45, 7) is 6.41. The molecule has 3 rings (SSSR count). The standard InChI is InChI=1S/C17H24N4O3/c1-12-18-14-11-16(24-3)15(23-2)10-13(14)17(19-12)21-6-4-20(5-7-21)8-9-22/h10-11,22H,4-9H2,1-3H3. The third kappa shape index (κ3) is 3.22. The summed E-state index contributed by atoms with van der Waals surface area (Å²) in [4.78, 5) is 13.8. The molecule has 1 saturated heterocycles. The first-order chi connectivity index (χ1) is 11.7. The molecular formula is C17H24N4O3. The van der Waals surface area contributed by atoms with Gasteiger partial charge in [0.05, 0.1) is 26.3 Å². The Balaban J connectivity index is 1.98. The van der Waals surface area contributed by atoms with Crippen LogP contribution in [0.5, 0.6) is 11.5 Å². The van der Waals surface area contributed by atoms with Crippen LogP contribution in [0.25, 0.3) is 10.9 Å². The Kier molecular flexibility index (Phi) is 5.01. The van der Waals surface area contributed by atoms with Crippen molar-refractivity contribution in [3.63, 3.8) is 0 Å². The van der Waals surface area contributed by atoms with E-state index in [1.54, 1.807) is 14.2 Å². The SMILES string of the molecule is COc1cc2nc(C)nc(N3CCN(CCO)CC3)c2cc1OC. The maximum atomic E-state index is 9.08. The molecule has 24 heavy (non-hydrogen) atoms. The van der Waals surface area contributed by atoms with Crippen LogP contribution in [0.4, 0.5) is 5.82 Å². The highest BCUT2D eigenvalue weighted by atomic mass is 16.5. The van der Waals surface area contributed by atoms with Crippen molar-refractivity contribution in [3.05, 3.63) is 18.0 Å². The molecule has 2 aromatic rings. The molecule has 0 amide bonds. The number of aromatic nitrogens is 2. The van der Waals surface area contributed by atoms with Crippen LogP contribution in [0.1, 0.15) is 5.82 Å². The van der Waals surface area contributed by atoms with E-state index >= 15 is 0 Å². The molecule has 0 saturated carbocycles. The predicted molar refractivity (Wildman–Crippen MR) is 93.1 cm³/mol. The van der Waals surface area contributed by atoms with Gasteiger partial charge in [0.1, 0.15) is 11.6 Å². The molecule has 0 spiro atoms. The topological polar surface area (TPSA) is 71.0 Å². The lowest BCUT2D eigenvalue weighted by Gasteiger charge is -2.35. The van der Waals surface area contributed by atoms with E-state index in [-0.39, 0.29) is 6.61 Å². The second kappa shape index (κ2) is 7.19. The minimum absolute atomic E-state index is 0.201. The number of anilines is 1. The van der Waals surface area contributed by atoms with Gasteiger partial charge in [-0.25, -0.2) is 9.97 Å². The minimum Gasteiger partial charge on any atom is -0.493 e. The first-order valence-electron chi connectivity index (χ1n) is 8.14. The van der Waals surface area contributed by atoms with Crippen LogP contribution < -0.4 is 14.4 Å². The van der Waals surface area contributed by atoms with Crippen molar-refractivity contribution in [2.75, 3.05) is 58.5 Å². The van der Waals surface area contributed by atoms with Gasteiger partial charge in [-0.05, 0) is 13.0 Å². The van der Waals surface area contributed by atoms with Crippen LogP contribution in [-0.2, 0) is 0 Å². The van der Waals surface area contributed by atoms with Gasteiger partial charge in [0.2, 0.25) is 0 Å². The van der Waals surface area contributed by atoms with E-state index in [0.29, 0.717) is 11.5 Å². The van der Waals surface area contributed by atoms with E-state index in [4.69, 9.17) is 14.6 Å². The normalized spacial score (nSPS) is 15.8. The summed E-state index contributed by atoms with van der Waals surface area (Å²) in [5, 5.41) is 10.1. The molecule has 0 atom stereocenters. The molecule has 0 unspecified atom stereocenters. The molecular weight excluding hydrogens is 308 g/mol. The first-order valence-corrected chi connectivity index (χ1v) is 8.14. The number of ether oxygens (including phenoxy) is 2. The van der Waals surface area contributed by atoms with Gasteiger partial charge >= 0.3 is 0 Å². The molecule has 1 aliphatic heterocycles. The molecule has 0 bridgehead atoms. The predicted octanol–water partition coefficient (Wildman–Crippen LogP) is 1.07. The largest absolute Gasteiger partial charge is 0.493 e. The van der Waals surface area contributed by atoms with Crippen molar-refractivity contribution in [3.8, 4) is 11.5 Å². The zero-order valence-corrected chi connectivity index (χ0v) is 14.4. The van der Waals surface area contributed by atoms with E-state index in [0.717, 1.165) is 55.3 Å². The minimum atomic E-state index is 0.201. The maximum absolute atomic E-state index is 9.08. The Hall–Kier alpha value is -2.12. The van der Waals surface area contributed by atoms with Gasteiger partial charge in [0.25, 0.3) is 0 Å². The van der Waals surface area contributed by atoms with E-state index in [2.05, 4.69) is 19.8 Å². The van der Waals surface area contributed by atoms with Gasteiger partial charge in [0.15, 0.2) is 11.5 Å². The molecule has 130 valence electrons. The smallest absolute Gasteiger partial charge is 0.162 e. The molecule has 1 fully saturated rings. The third-order valence-corrected chi connectivity index (χ3v) is 4.38. The Morgan fingerprint density at radius 1 is 1.04 bits per heavy atom. The number of aliphatic hydroxyl groups is 1. The van der Waals surface area contributed by atoms with Crippen molar-refractivity contribution >= 4 is 16.7 Å². The van der Waals surface area contributed by atoms with Crippen LogP contribution >= 0.6 is 0 Å². The molecule has 1 aromatic carbocycles. The van der Waals surface area contributed by atoms with Crippen LogP contribution in [0.2, 0.25) is 0 Å². The van der Waals surface area contributed by atoms with E-state index in [1.165, 1.54) is 0 Å². The van der Waals surface area contributed by atoms with Crippen LogP contribution in [0.3, 0.4) is 0 Å². The molecule has 7 nitrogen and oxygen atoms in total. The fourth-order valence-corrected chi connectivity index (χ4v) is 3.12. The molecule has 2 heterocycles. The summed E-state index contributed by atoms with van der Waals surface area (Å²) in [5.41, 5.74) is 0.855. The second-order valence-corrected chi connectivity index (χ2v) is 5.87. The Morgan fingerprint density at radius 3 is 2.33 bits per heavy atom. The van der Waals surface area contributed by atoms with Gasteiger partial charge in [0, 0.05) is 44.2 Å². The van der Waals surface area contributed by atoms with Gasteiger partial charge in [-0.2, -0.15) is 0 Å². The molecule has 1 aromatic heterocycles. The monoisotopic (exact) mass is 332 g/mol. The molecule has 7 heteroatoms. The van der Waals surface area contributed by atoms with E-state index < -0.39 is 0 Å². The number of aliphatic hydroxyl groups excluding tert-OH is 1. The summed E-state index contributed by atoms with van der Waals surface area (Å²) in [7, 11) is 3.26. The lowest BCUT2D eigenvalue weighted by atomic mass is 10.1. The third-order valence-electron chi connectivity index (χ3n) is 4.38. The highest BCUT2D eigenvalue weighted by Crippen LogP contribution is 2.35. The zero-order valence-electron chi connectivity index (χ0n) is 14.4. The number of β-amino-alcohol motifs (C(OH)–C–C–N with tert-alkyl or cyclic N) is 1. The number of fused-ring (bicyclic) bond motifs is 1. The highest BCUT2D eigenvalue weighted by Gasteiger charge is 2.21. The Bertz CT molecular complexity index is 715. The molecule has 1 N–H and O–H groups in total. The summed E-state index contributed by atoms with van der Waals surface area (Å²) >= 11 is 0. The Labute approximate surface area is 141 Å². The number of hydrogen-bond donors (Lipinski definition) is 1. The average molecular weight is 332 g/mol. The van der Waals surface area contributed by atoms with E-state index in [1.807, 2.05) is 19.1 Å². The van der Waals surface area contributed by atoms with Crippen LogP contribution in [-0.4, -0.2) is 73.5 Å². The lowest BCUT2D eigenvalue weighted by molar-refractivity contribution is 0.188. The van der Waals surface area contributed by atoms with Gasteiger partial charge in [-0.3, -0.25) is 4.90 Å². The summed E-state index contributed by atoms with van der Waals surface area (Å²) in [5.74, 6) is 3.02.